The van der Waals surface area contributed by atoms with Gasteiger partial charge < -0.3 is 9.47 Å². The lowest BCUT2D eigenvalue weighted by molar-refractivity contribution is -0.126. The van der Waals surface area contributed by atoms with Crippen molar-refractivity contribution in [3.05, 3.63) is 59.7 Å². The highest BCUT2D eigenvalue weighted by Gasteiger charge is 2.37. The Morgan fingerprint density at radius 2 is 1.87 bits per heavy atom. The molecule has 2 aromatic rings. The smallest absolute Gasteiger partial charge is 0.242 e. The van der Waals surface area contributed by atoms with E-state index in [1.807, 2.05) is 48.5 Å². The molecule has 1 saturated heterocycles. The van der Waals surface area contributed by atoms with Crippen LogP contribution in [-0.2, 0) is 11.3 Å². The van der Waals surface area contributed by atoms with Crippen LogP contribution in [0.5, 0.6) is 11.5 Å². The van der Waals surface area contributed by atoms with E-state index in [0.717, 1.165) is 30.4 Å². The fourth-order valence-electron chi connectivity index (χ4n) is 3.15. The summed E-state index contributed by atoms with van der Waals surface area (Å²) in [5.41, 5.74) is 1.91. The zero-order valence-corrected chi connectivity index (χ0v) is 18.4. The van der Waals surface area contributed by atoms with Crippen molar-refractivity contribution in [3.8, 4) is 11.5 Å². The van der Waals surface area contributed by atoms with E-state index in [2.05, 4.69) is 17.1 Å². The number of thioether (sulfide) groups is 1. The highest BCUT2D eigenvalue weighted by atomic mass is 32.2. The van der Waals surface area contributed by atoms with E-state index < -0.39 is 0 Å². The van der Waals surface area contributed by atoms with Gasteiger partial charge in [-0.15, -0.1) is 5.10 Å². The average molecular weight is 426 g/mol. The number of carbonyl (C=O) groups is 1. The Labute approximate surface area is 182 Å². The molecule has 1 aliphatic heterocycles. The lowest BCUT2D eigenvalue weighted by atomic mass is 10.1. The molecule has 0 saturated carbocycles. The Bertz CT molecular complexity index is 915. The zero-order valence-electron chi connectivity index (χ0n) is 17.6. The third kappa shape index (κ3) is 5.42. The van der Waals surface area contributed by atoms with E-state index >= 15 is 0 Å². The first-order chi connectivity index (χ1) is 14.7. The molecule has 7 heteroatoms. The van der Waals surface area contributed by atoms with Crippen LogP contribution in [0, 0.1) is 0 Å². The molecule has 6 nitrogen and oxygen atoms in total. The van der Waals surface area contributed by atoms with E-state index in [1.165, 1.54) is 11.8 Å². The lowest BCUT2D eigenvalue weighted by Crippen LogP contribution is -2.31. The van der Waals surface area contributed by atoms with E-state index in [1.54, 1.807) is 25.3 Å². The van der Waals surface area contributed by atoms with Gasteiger partial charge in [-0.05, 0) is 35.7 Å². The first-order valence-electron chi connectivity index (χ1n) is 10.0. The summed E-state index contributed by atoms with van der Waals surface area (Å²) in [6, 6.07) is 15.5. The highest BCUT2D eigenvalue weighted by molar-refractivity contribution is 8.15. The number of amides is 1. The van der Waals surface area contributed by atoms with Gasteiger partial charge in [0.05, 0.1) is 32.2 Å². The summed E-state index contributed by atoms with van der Waals surface area (Å²) in [5.74, 6) is 1.40. The number of benzene rings is 2. The van der Waals surface area contributed by atoms with Gasteiger partial charge >= 0.3 is 0 Å². The van der Waals surface area contributed by atoms with Gasteiger partial charge in [0.25, 0.3) is 0 Å². The number of unbranched alkanes of at least 4 members (excludes halogenated alkanes) is 1. The number of amidine groups is 1. The highest BCUT2D eigenvalue weighted by Crippen LogP contribution is 2.32. The third-order valence-electron chi connectivity index (χ3n) is 4.78. The fraction of sp³-hybridized carbons (Fsp3) is 0.348. The molecule has 0 spiro atoms. The molecule has 1 aliphatic rings. The van der Waals surface area contributed by atoms with Crippen molar-refractivity contribution in [2.75, 3.05) is 14.2 Å². The molecule has 0 bridgehead atoms. The summed E-state index contributed by atoms with van der Waals surface area (Å²) in [5, 5.41) is 9.18. The molecular weight excluding hydrogens is 398 g/mol. The summed E-state index contributed by atoms with van der Waals surface area (Å²) in [7, 11) is 3.19. The van der Waals surface area contributed by atoms with Crippen molar-refractivity contribution in [3.63, 3.8) is 0 Å². The van der Waals surface area contributed by atoms with Crippen LogP contribution in [0.25, 0.3) is 0 Å². The van der Waals surface area contributed by atoms with Gasteiger partial charge in [0, 0.05) is 0 Å². The van der Waals surface area contributed by atoms with Crippen molar-refractivity contribution in [2.24, 2.45) is 10.2 Å². The number of carbonyl (C=O) groups excluding carboxylic acids is 1. The van der Waals surface area contributed by atoms with Crippen LogP contribution in [0.1, 0.15) is 37.3 Å². The van der Waals surface area contributed by atoms with Crippen LogP contribution in [0.15, 0.2) is 58.7 Å². The Balaban J connectivity index is 1.80. The SMILES string of the molecule is CCCCC1S/C(=N\N=C\c2ccc(OC)c(OC)c2)N(Cc2ccccc2)C1=O. The Kier molecular flexibility index (Phi) is 7.90. The van der Waals surface area contributed by atoms with Gasteiger partial charge in [-0.25, -0.2) is 0 Å². The van der Waals surface area contributed by atoms with E-state index in [9.17, 15) is 4.79 Å². The number of rotatable bonds is 9. The van der Waals surface area contributed by atoms with Crippen LogP contribution in [-0.4, -0.2) is 41.7 Å². The molecule has 158 valence electrons. The van der Waals surface area contributed by atoms with E-state index in [-0.39, 0.29) is 11.2 Å². The minimum atomic E-state index is -0.0938. The Morgan fingerprint density at radius 3 is 2.57 bits per heavy atom. The number of methoxy groups -OCH3 is 2. The minimum Gasteiger partial charge on any atom is -0.493 e. The molecule has 3 rings (SSSR count). The maximum atomic E-state index is 13.0. The molecule has 1 atom stereocenters. The topological polar surface area (TPSA) is 63.5 Å². The van der Waals surface area contributed by atoms with Gasteiger partial charge in [0.15, 0.2) is 16.7 Å². The molecule has 1 fully saturated rings. The number of nitrogens with zero attached hydrogens (tertiary/aromatic N) is 3. The molecule has 0 N–H and O–H groups in total. The van der Waals surface area contributed by atoms with Gasteiger partial charge in [0.1, 0.15) is 0 Å². The van der Waals surface area contributed by atoms with Crippen LogP contribution < -0.4 is 9.47 Å². The van der Waals surface area contributed by atoms with Crippen molar-refractivity contribution in [2.45, 2.75) is 38.0 Å². The maximum absolute atomic E-state index is 13.0. The molecule has 0 aliphatic carbocycles. The number of hydrogen-bond donors (Lipinski definition) is 0. The lowest BCUT2D eigenvalue weighted by Gasteiger charge is -2.15. The summed E-state index contributed by atoms with van der Waals surface area (Å²) in [6.07, 6.45) is 4.58. The van der Waals surface area contributed by atoms with Crippen molar-refractivity contribution >= 4 is 29.1 Å². The summed E-state index contributed by atoms with van der Waals surface area (Å²) in [6.45, 7) is 2.63. The quantitative estimate of drug-likeness (QED) is 0.430. The third-order valence-corrected chi connectivity index (χ3v) is 6.02. The fourth-order valence-corrected chi connectivity index (χ4v) is 4.29. The summed E-state index contributed by atoms with van der Waals surface area (Å²) in [4.78, 5) is 14.7. The van der Waals surface area contributed by atoms with Crippen molar-refractivity contribution in [1.82, 2.24) is 4.90 Å². The maximum Gasteiger partial charge on any atom is 0.242 e. The second kappa shape index (κ2) is 10.8. The molecule has 0 radical (unpaired) electrons. The predicted octanol–water partition coefficient (Wildman–Crippen LogP) is 4.73. The average Bonchev–Trinajstić information content (AvgIpc) is 3.07. The Hall–Kier alpha value is -2.80. The molecule has 1 heterocycles. The first-order valence-corrected chi connectivity index (χ1v) is 10.9. The van der Waals surface area contributed by atoms with Crippen LogP contribution in [0.4, 0.5) is 0 Å². The molecule has 2 aromatic carbocycles. The second-order valence-electron chi connectivity index (χ2n) is 6.90. The molecule has 30 heavy (non-hydrogen) atoms. The van der Waals surface area contributed by atoms with E-state index in [4.69, 9.17) is 9.47 Å². The number of ether oxygens (including phenoxy) is 2. The molecule has 1 unspecified atom stereocenters. The van der Waals surface area contributed by atoms with E-state index in [0.29, 0.717) is 23.2 Å². The molecule has 1 amide bonds. The van der Waals surface area contributed by atoms with Crippen LogP contribution >= 0.6 is 11.8 Å². The molecular formula is C23H27N3O3S. The zero-order chi connectivity index (χ0) is 21.3. The minimum absolute atomic E-state index is 0.0938. The first kappa shape index (κ1) is 21.9. The van der Waals surface area contributed by atoms with Crippen LogP contribution in [0.3, 0.4) is 0 Å². The summed E-state index contributed by atoms with van der Waals surface area (Å²) >= 11 is 1.50. The normalized spacial score (nSPS) is 17.8. The van der Waals surface area contributed by atoms with Gasteiger partial charge in [-0.3, -0.25) is 9.69 Å². The van der Waals surface area contributed by atoms with Gasteiger partial charge in [-0.2, -0.15) is 5.10 Å². The Morgan fingerprint density at radius 1 is 1.10 bits per heavy atom. The standard InChI is InChI=1S/C23H27N3O3S/c1-4-5-11-21-22(27)26(16-17-9-7-6-8-10-17)23(30-21)25-24-15-18-12-13-19(28-2)20(14-18)29-3/h6-10,12-15,21H,4-5,11,16H2,1-3H3/b24-15+,25-23-. The summed E-state index contributed by atoms with van der Waals surface area (Å²) < 4.78 is 10.6. The molecule has 0 aromatic heterocycles. The largest absolute Gasteiger partial charge is 0.493 e. The van der Waals surface area contributed by atoms with Gasteiger partial charge in [-0.1, -0.05) is 61.9 Å². The number of hydrogen-bond acceptors (Lipinski definition) is 6. The monoisotopic (exact) mass is 425 g/mol. The van der Waals surface area contributed by atoms with Crippen LogP contribution in [0.2, 0.25) is 0 Å². The predicted molar refractivity (Wildman–Crippen MR) is 122 cm³/mol. The second-order valence-corrected chi connectivity index (χ2v) is 8.07. The van der Waals surface area contributed by atoms with Gasteiger partial charge in [0.2, 0.25) is 5.91 Å². The van der Waals surface area contributed by atoms with Crippen molar-refractivity contribution < 1.29 is 14.3 Å². The van der Waals surface area contributed by atoms with Crippen molar-refractivity contribution in [1.29, 1.82) is 0 Å².